The molecule has 0 aliphatic carbocycles. The lowest BCUT2D eigenvalue weighted by molar-refractivity contribution is -0.140. The largest absolute Gasteiger partial charge is 0.355 e. The van der Waals surface area contributed by atoms with Crippen LogP contribution in [0.5, 0.6) is 0 Å². The lowest BCUT2D eigenvalue weighted by Crippen LogP contribution is -2.53. The van der Waals surface area contributed by atoms with E-state index in [9.17, 15) is 18.0 Å². The van der Waals surface area contributed by atoms with Gasteiger partial charge < -0.3 is 10.2 Å². The first-order valence-corrected chi connectivity index (χ1v) is 14.8. The molecule has 3 aromatic rings. The minimum Gasteiger partial charge on any atom is -0.355 e. The summed E-state index contributed by atoms with van der Waals surface area (Å²) in [7, 11) is -3.86. The minimum absolute atomic E-state index is 0.00256. The van der Waals surface area contributed by atoms with E-state index in [1.54, 1.807) is 37.3 Å². The van der Waals surface area contributed by atoms with Gasteiger partial charge in [0.15, 0.2) is 0 Å². The Labute approximate surface area is 238 Å². The van der Waals surface area contributed by atoms with Crippen molar-refractivity contribution in [3.8, 4) is 0 Å². The van der Waals surface area contributed by atoms with Crippen LogP contribution in [0.2, 0.25) is 15.1 Å². The van der Waals surface area contributed by atoms with Gasteiger partial charge in [0, 0.05) is 24.5 Å². The molecule has 0 fully saturated rings. The Morgan fingerprint density at radius 2 is 1.55 bits per heavy atom. The summed E-state index contributed by atoms with van der Waals surface area (Å²) in [5.74, 6) is -0.925. The summed E-state index contributed by atoms with van der Waals surface area (Å²) in [6.45, 7) is 1.63. The first kappa shape index (κ1) is 29.8. The van der Waals surface area contributed by atoms with E-state index in [1.807, 2.05) is 30.3 Å². The third kappa shape index (κ3) is 8.11. The predicted octanol–water partition coefficient (Wildman–Crippen LogP) is 5.19. The molecule has 0 saturated carbocycles. The average molecular weight is 597 g/mol. The van der Waals surface area contributed by atoms with Crippen molar-refractivity contribution in [3.05, 3.63) is 99.0 Å². The van der Waals surface area contributed by atoms with Crippen molar-refractivity contribution in [3.63, 3.8) is 0 Å². The van der Waals surface area contributed by atoms with E-state index in [2.05, 4.69) is 5.32 Å². The van der Waals surface area contributed by atoms with Gasteiger partial charge in [0.1, 0.15) is 12.6 Å². The number of carbonyl (C=O) groups excluding carboxylic acids is 2. The number of halogens is 3. The number of hydrogen-bond acceptors (Lipinski definition) is 4. The molecule has 202 valence electrons. The zero-order valence-corrected chi connectivity index (χ0v) is 24.0. The van der Waals surface area contributed by atoms with Crippen molar-refractivity contribution in [2.45, 2.75) is 25.9 Å². The van der Waals surface area contributed by atoms with Gasteiger partial charge in [-0.15, -0.1) is 0 Å². The van der Waals surface area contributed by atoms with Crippen molar-refractivity contribution in [2.24, 2.45) is 0 Å². The Morgan fingerprint density at radius 1 is 0.895 bits per heavy atom. The van der Waals surface area contributed by atoms with Crippen molar-refractivity contribution < 1.29 is 18.0 Å². The maximum absolute atomic E-state index is 13.9. The van der Waals surface area contributed by atoms with E-state index < -0.39 is 28.5 Å². The Balaban J connectivity index is 2.05. The molecule has 1 N–H and O–H groups in total. The highest BCUT2D eigenvalue weighted by Gasteiger charge is 2.33. The van der Waals surface area contributed by atoms with Crippen LogP contribution < -0.4 is 9.62 Å². The van der Waals surface area contributed by atoms with E-state index in [0.717, 1.165) is 16.1 Å². The zero-order chi connectivity index (χ0) is 27.9. The van der Waals surface area contributed by atoms with Gasteiger partial charge in [-0.2, -0.15) is 0 Å². The van der Waals surface area contributed by atoms with Crippen LogP contribution in [0.4, 0.5) is 5.69 Å². The highest BCUT2D eigenvalue weighted by molar-refractivity contribution is 7.92. The fourth-order valence-corrected chi connectivity index (χ4v) is 5.20. The number of likely N-dealkylation sites (N-methyl/N-ethyl adjacent to an activating group) is 1. The zero-order valence-electron chi connectivity index (χ0n) is 20.9. The van der Waals surface area contributed by atoms with E-state index in [-0.39, 0.29) is 24.6 Å². The van der Waals surface area contributed by atoms with E-state index in [4.69, 9.17) is 34.8 Å². The van der Waals surface area contributed by atoms with Crippen molar-refractivity contribution in [1.82, 2.24) is 10.2 Å². The van der Waals surface area contributed by atoms with Gasteiger partial charge >= 0.3 is 0 Å². The van der Waals surface area contributed by atoms with E-state index in [1.165, 1.54) is 17.0 Å². The summed E-state index contributed by atoms with van der Waals surface area (Å²) < 4.78 is 26.4. The SMILES string of the molecule is CCNC(=O)C(Cc1ccccc1)N(Cc1ccc(Cl)c(Cl)c1)C(=O)CN(c1ccc(Cl)cc1)S(C)(=O)=O. The van der Waals surface area contributed by atoms with Gasteiger partial charge in [0.2, 0.25) is 21.8 Å². The second-order valence-corrected chi connectivity index (χ2v) is 11.8. The van der Waals surface area contributed by atoms with Gasteiger partial charge in [0.25, 0.3) is 0 Å². The van der Waals surface area contributed by atoms with Crippen molar-refractivity contribution in [2.75, 3.05) is 23.7 Å². The molecule has 0 bridgehead atoms. The maximum Gasteiger partial charge on any atom is 0.244 e. The van der Waals surface area contributed by atoms with Gasteiger partial charge in [-0.1, -0.05) is 71.2 Å². The van der Waals surface area contributed by atoms with Gasteiger partial charge in [0.05, 0.1) is 22.0 Å². The second-order valence-electron chi connectivity index (χ2n) is 8.62. The van der Waals surface area contributed by atoms with Crippen LogP contribution in [0.25, 0.3) is 0 Å². The van der Waals surface area contributed by atoms with E-state index >= 15 is 0 Å². The normalized spacial score (nSPS) is 12.0. The topological polar surface area (TPSA) is 86.8 Å². The third-order valence-electron chi connectivity index (χ3n) is 5.75. The fourth-order valence-electron chi connectivity index (χ4n) is 3.90. The summed E-state index contributed by atoms with van der Waals surface area (Å²) >= 11 is 18.3. The Kier molecular flexibility index (Phi) is 10.4. The molecule has 0 aliphatic rings. The van der Waals surface area contributed by atoms with Gasteiger partial charge in [-0.3, -0.25) is 13.9 Å². The summed E-state index contributed by atoms with van der Waals surface area (Å²) in [6.07, 6.45) is 1.24. The number of nitrogens with zero attached hydrogens (tertiary/aromatic N) is 2. The maximum atomic E-state index is 13.9. The smallest absolute Gasteiger partial charge is 0.244 e. The number of amides is 2. The lowest BCUT2D eigenvalue weighted by Gasteiger charge is -2.33. The number of carbonyl (C=O) groups is 2. The quantitative estimate of drug-likeness (QED) is 0.330. The molecule has 38 heavy (non-hydrogen) atoms. The number of sulfonamides is 1. The van der Waals surface area contributed by atoms with E-state index in [0.29, 0.717) is 27.2 Å². The molecule has 0 aromatic heterocycles. The highest BCUT2D eigenvalue weighted by Crippen LogP contribution is 2.25. The summed E-state index contributed by atoms with van der Waals surface area (Å²) in [5.41, 5.74) is 1.75. The summed E-state index contributed by atoms with van der Waals surface area (Å²) in [5, 5.41) is 3.88. The average Bonchev–Trinajstić information content (AvgIpc) is 2.87. The number of nitrogens with one attached hydrogen (secondary N) is 1. The van der Waals surface area contributed by atoms with Crippen LogP contribution in [0.3, 0.4) is 0 Å². The van der Waals surface area contributed by atoms with Gasteiger partial charge in [-0.05, 0) is 54.4 Å². The highest BCUT2D eigenvalue weighted by atomic mass is 35.5. The molecule has 0 saturated heterocycles. The molecule has 3 aromatic carbocycles. The van der Waals surface area contributed by atoms with Crippen LogP contribution in [0.1, 0.15) is 18.1 Å². The Bertz CT molecular complexity index is 1370. The molecule has 7 nitrogen and oxygen atoms in total. The molecular weight excluding hydrogens is 569 g/mol. The van der Waals surface area contributed by atoms with Crippen molar-refractivity contribution in [1.29, 1.82) is 0 Å². The molecule has 1 unspecified atom stereocenters. The Morgan fingerprint density at radius 3 is 2.13 bits per heavy atom. The molecular formula is C27H28Cl3N3O4S. The van der Waals surface area contributed by atoms with Crippen LogP contribution in [0, 0.1) is 0 Å². The standard InChI is InChI=1S/C27H28Cl3N3O4S/c1-3-31-27(35)25(16-19-7-5-4-6-8-19)32(17-20-9-14-23(29)24(30)15-20)26(34)18-33(38(2,36)37)22-12-10-21(28)11-13-22/h4-15,25H,3,16-18H2,1-2H3,(H,31,35). The van der Waals surface area contributed by atoms with Crippen molar-refractivity contribution >= 4 is 62.3 Å². The number of hydrogen-bond donors (Lipinski definition) is 1. The molecule has 3 rings (SSSR count). The Hall–Kier alpha value is -2.78. The second kappa shape index (κ2) is 13.3. The number of benzene rings is 3. The molecule has 0 radical (unpaired) electrons. The molecule has 0 spiro atoms. The first-order valence-electron chi connectivity index (χ1n) is 11.8. The minimum atomic E-state index is -3.86. The monoisotopic (exact) mass is 595 g/mol. The molecule has 1 atom stereocenters. The third-order valence-corrected chi connectivity index (χ3v) is 7.88. The predicted molar refractivity (Wildman–Crippen MR) is 153 cm³/mol. The fraction of sp³-hybridized carbons (Fsp3) is 0.259. The lowest BCUT2D eigenvalue weighted by atomic mass is 10.0. The molecule has 2 amide bonds. The summed E-state index contributed by atoms with van der Waals surface area (Å²) in [4.78, 5) is 28.6. The molecule has 0 aliphatic heterocycles. The summed E-state index contributed by atoms with van der Waals surface area (Å²) in [6, 6.07) is 19.4. The number of rotatable bonds is 11. The molecule has 11 heteroatoms. The van der Waals surface area contributed by atoms with Crippen LogP contribution in [-0.2, 0) is 32.6 Å². The first-order chi connectivity index (χ1) is 18.0. The molecule has 0 heterocycles. The number of anilines is 1. The van der Waals surface area contributed by atoms with Gasteiger partial charge in [-0.25, -0.2) is 8.42 Å². The van der Waals surface area contributed by atoms with Crippen LogP contribution in [0.15, 0.2) is 72.8 Å². The van der Waals surface area contributed by atoms with Crippen LogP contribution in [-0.4, -0.2) is 50.5 Å². The van der Waals surface area contributed by atoms with Crippen LogP contribution >= 0.6 is 34.8 Å².